The van der Waals surface area contributed by atoms with Crippen molar-refractivity contribution < 1.29 is 14.3 Å². The Morgan fingerprint density at radius 3 is 2.41 bits per heavy atom. The number of hydrogen-bond donors (Lipinski definition) is 1. The molecule has 0 fully saturated rings. The van der Waals surface area contributed by atoms with Crippen LogP contribution in [0.4, 0.5) is 0 Å². The molecule has 0 atom stereocenters. The lowest BCUT2D eigenvalue weighted by Crippen LogP contribution is -2.10. The molecule has 1 N–H and O–H groups in total. The molecule has 22 heavy (non-hydrogen) atoms. The molecule has 0 saturated carbocycles. The maximum Gasteiger partial charge on any atom is 0.355 e. The number of hydrogen-bond acceptors (Lipinski definition) is 3. The van der Waals surface area contributed by atoms with Crippen molar-refractivity contribution >= 4 is 27.7 Å². The zero-order valence-electron chi connectivity index (χ0n) is 13.0. The standard InChI is InChI=1S/C17H18BrNO3/c1-9-5-10(2)16(12(4)20)11(3)14(9)8-22-17(21)15-6-13(18)7-19-15/h5-7,19H,8H2,1-4H3. The number of nitrogens with one attached hydrogen (secondary N) is 1. The third kappa shape index (κ3) is 3.30. The van der Waals surface area contributed by atoms with Gasteiger partial charge < -0.3 is 9.72 Å². The van der Waals surface area contributed by atoms with Gasteiger partial charge in [0.05, 0.1) is 0 Å². The Labute approximate surface area is 138 Å². The number of ether oxygens (including phenoxy) is 1. The second-order valence-corrected chi connectivity index (χ2v) is 6.27. The van der Waals surface area contributed by atoms with E-state index in [2.05, 4.69) is 20.9 Å². The summed E-state index contributed by atoms with van der Waals surface area (Å²) in [5, 5.41) is 0. The van der Waals surface area contributed by atoms with Crippen LogP contribution in [0.2, 0.25) is 0 Å². The van der Waals surface area contributed by atoms with Gasteiger partial charge in [-0.1, -0.05) is 6.07 Å². The molecule has 1 aromatic carbocycles. The fourth-order valence-corrected chi connectivity index (χ4v) is 3.03. The van der Waals surface area contributed by atoms with Crippen molar-refractivity contribution in [1.29, 1.82) is 0 Å². The number of halogens is 1. The molecular weight excluding hydrogens is 346 g/mol. The molecule has 0 aliphatic heterocycles. The summed E-state index contributed by atoms with van der Waals surface area (Å²) in [7, 11) is 0. The monoisotopic (exact) mass is 363 g/mol. The fraction of sp³-hybridized carbons (Fsp3) is 0.294. The number of carbonyl (C=O) groups is 2. The van der Waals surface area contributed by atoms with Gasteiger partial charge in [-0.05, 0) is 71.9 Å². The van der Waals surface area contributed by atoms with Gasteiger partial charge in [-0.25, -0.2) is 4.79 Å². The van der Waals surface area contributed by atoms with Crippen LogP contribution in [0.1, 0.15) is 50.0 Å². The van der Waals surface area contributed by atoms with Crippen LogP contribution in [0.3, 0.4) is 0 Å². The van der Waals surface area contributed by atoms with Crippen LogP contribution in [0.15, 0.2) is 22.8 Å². The van der Waals surface area contributed by atoms with Crippen LogP contribution in [-0.4, -0.2) is 16.7 Å². The summed E-state index contributed by atoms with van der Waals surface area (Å²) in [5.41, 5.74) is 4.83. The summed E-state index contributed by atoms with van der Waals surface area (Å²) in [5.74, 6) is -0.398. The number of rotatable bonds is 4. The molecule has 1 aromatic heterocycles. The van der Waals surface area contributed by atoms with Crippen molar-refractivity contribution in [2.75, 3.05) is 0 Å². The van der Waals surface area contributed by atoms with Crippen molar-refractivity contribution in [1.82, 2.24) is 4.98 Å². The Hall–Kier alpha value is -1.88. The van der Waals surface area contributed by atoms with E-state index in [1.165, 1.54) is 0 Å². The van der Waals surface area contributed by atoms with Crippen molar-refractivity contribution in [3.63, 3.8) is 0 Å². The van der Waals surface area contributed by atoms with Gasteiger partial charge in [0, 0.05) is 16.2 Å². The molecule has 2 aromatic rings. The fourth-order valence-electron chi connectivity index (χ4n) is 2.69. The van der Waals surface area contributed by atoms with Gasteiger partial charge >= 0.3 is 5.97 Å². The third-order valence-corrected chi connectivity index (χ3v) is 4.16. The van der Waals surface area contributed by atoms with Crippen molar-refractivity contribution in [3.05, 3.63) is 56.3 Å². The number of aromatic amines is 1. The Balaban J connectivity index is 2.25. The molecule has 0 bridgehead atoms. The normalized spacial score (nSPS) is 10.6. The minimum Gasteiger partial charge on any atom is -0.456 e. The van der Waals surface area contributed by atoms with Gasteiger partial charge in [-0.2, -0.15) is 0 Å². The average molecular weight is 364 g/mol. The molecule has 0 spiro atoms. The summed E-state index contributed by atoms with van der Waals surface area (Å²) >= 11 is 3.28. The van der Waals surface area contributed by atoms with Crippen LogP contribution in [-0.2, 0) is 11.3 Å². The highest BCUT2D eigenvalue weighted by Crippen LogP contribution is 2.24. The zero-order chi connectivity index (χ0) is 16.4. The van der Waals surface area contributed by atoms with E-state index in [0.717, 1.165) is 26.7 Å². The highest BCUT2D eigenvalue weighted by Gasteiger charge is 2.16. The van der Waals surface area contributed by atoms with Gasteiger partial charge in [-0.3, -0.25) is 4.79 Å². The first-order chi connectivity index (χ1) is 10.3. The molecule has 0 radical (unpaired) electrons. The number of aryl methyl sites for hydroxylation is 2. The largest absolute Gasteiger partial charge is 0.456 e. The van der Waals surface area contributed by atoms with E-state index in [0.29, 0.717) is 11.3 Å². The van der Waals surface area contributed by atoms with E-state index in [9.17, 15) is 9.59 Å². The van der Waals surface area contributed by atoms with Crippen LogP contribution in [0, 0.1) is 20.8 Å². The lowest BCUT2D eigenvalue weighted by atomic mass is 9.92. The second-order valence-electron chi connectivity index (χ2n) is 5.35. The summed E-state index contributed by atoms with van der Waals surface area (Å²) in [6.07, 6.45) is 1.67. The summed E-state index contributed by atoms with van der Waals surface area (Å²) in [4.78, 5) is 26.6. The molecule has 116 valence electrons. The minimum atomic E-state index is -0.422. The molecule has 5 heteroatoms. The number of benzene rings is 1. The Bertz CT molecular complexity index is 747. The highest BCUT2D eigenvalue weighted by molar-refractivity contribution is 9.10. The molecule has 0 saturated heterocycles. The average Bonchev–Trinajstić information content (AvgIpc) is 2.84. The zero-order valence-corrected chi connectivity index (χ0v) is 14.6. The van der Waals surface area contributed by atoms with Gasteiger partial charge in [0.25, 0.3) is 0 Å². The first-order valence-corrected chi connectivity index (χ1v) is 7.72. The molecule has 2 rings (SSSR count). The van der Waals surface area contributed by atoms with E-state index in [1.54, 1.807) is 19.2 Å². The summed E-state index contributed by atoms with van der Waals surface area (Å²) < 4.78 is 6.15. The minimum absolute atomic E-state index is 0.0240. The third-order valence-electron chi connectivity index (χ3n) is 3.70. The Kier molecular flexibility index (Phi) is 4.86. The van der Waals surface area contributed by atoms with E-state index >= 15 is 0 Å². The maximum absolute atomic E-state index is 12.0. The Morgan fingerprint density at radius 2 is 1.86 bits per heavy atom. The van der Waals surface area contributed by atoms with E-state index in [4.69, 9.17) is 4.74 Å². The van der Waals surface area contributed by atoms with Crippen LogP contribution < -0.4 is 0 Å². The van der Waals surface area contributed by atoms with Crippen LogP contribution >= 0.6 is 15.9 Å². The van der Waals surface area contributed by atoms with E-state index in [-0.39, 0.29) is 12.4 Å². The predicted octanol–water partition coefficient (Wildman–Crippen LogP) is 4.26. The lowest BCUT2D eigenvalue weighted by Gasteiger charge is -2.15. The summed E-state index contributed by atoms with van der Waals surface area (Å²) in [6, 6.07) is 3.62. The SMILES string of the molecule is CC(=O)c1c(C)cc(C)c(COC(=O)c2cc(Br)c[nH]2)c1C. The first kappa shape index (κ1) is 16.5. The first-order valence-electron chi connectivity index (χ1n) is 6.93. The van der Waals surface area contributed by atoms with Gasteiger partial charge in [0.2, 0.25) is 0 Å². The lowest BCUT2D eigenvalue weighted by molar-refractivity contribution is 0.0465. The van der Waals surface area contributed by atoms with Crippen molar-refractivity contribution in [2.45, 2.75) is 34.3 Å². The van der Waals surface area contributed by atoms with E-state index in [1.807, 2.05) is 26.8 Å². The van der Waals surface area contributed by atoms with Crippen LogP contribution in [0.5, 0.6) is 0 Å². The summed E-state index contributed by atoms with van der Waals surface area (Å²) in [6.45, 7) is 7.47. The molecule has 0 aliphatic carbocycles. The maximum atomic E-state index is 12.0. The van der Waals surface area contributed by atoms with Gasteiger partial charge in [-0.15, -0.1) is 0 Å². The number of ketones is 1. The number of carbonyl (C=O) groups excluding carboxylic acids is 2. The van der Waals surface area contributed by atoms with Crippen LogP contribution in [0.25, 0.3) is 0 Å². The Morgan fingerprint density at radius 1 is 1.18 bits per heavy atom. The number of aromatic nitrogens is 1. The second kappa shape index (κ2) is 6.48. The number of esters is 1. The topological polar surface area (TPSA) is 59.2 Å². The highest BCUT2D eigenvalue weighted by atomic mass is 79.9. The predicted molar refractivity (Wildman–Crippen MR) is 88.3 cm³/mol. The van der Waals surface area contributed by atoms with E-state index < -0.39 is 5.97 Å². The number of Topliss-reactive ketones (excluding diaryl/α,β-unsaturated/α-hetero) is 1. The van der Waals surface area contributed by atoms with Crippen molar-refractivity contribution in [3.8, 4) is 0 Å². The van der Waals surface area contributed by atoms with Crippen molar-refractivity contribution in [2.24, 2.45) is 0 Å². The smallest absolute Gasteiger partial charge is 0.355 e. The van der Waals surface area contributed by atoms with Gasteiger partial charge in [0.15, 0.2) is 5.78 Å². The molecule has 0 amide bonds. The molecule has 4 nitrogen and oxygen atoms in total. The quantitative estimate of drug-likeness (QED) is 0.651. The number of H-pyrrole nitrogens is 1. The molecule has 0 unspecified atom stereocenters. The van der Waals surface area contributed by atoms with Gasteiger partial charge in [0.1, 0.15) is 12.3 Å². The molecule has 1 heterocycles. The molecule has 0 aliphatic rings. The molecular formula is C17H18BrNO3.